The molecule has 1 fully saturated rings. The maximum atomic E-state index is 9.65. The van der Waals surface area contributed by atoms with Crippen molar-refractivity contribution in [1.29, 1.82) is 10.5 Å². The number of nitrogens with zero attached hydrogens (tertiary/aromatic N) is 2. The van der Waals surface area contributed by atoms with E-state index in [2.05, 4.69) is 50.3 Å². The highest BCUT2D eigenvalue weighted by molar-refractivity contribution is 5.56. The van der Waals surface area contributed by atoms with Crippen molar-refractivity contribution in [1.82, 2.24) is 0 Å². The number of nitriles is 2. The average molecular weight is 344 g/mol. The van der Waals surface area contributed by atoms with Crippen LogP contribution in [0.5, 0.6) is 0 Å². The lowest BCUT2D eigenvalue weighted by atomic mass is 9.71. The van der Waals surface area contributed by atoms with Gasteiger partial charge in [0.1, 0.15) is 0 Å². The summed E-state index contributed by atoms with van der Waals surface area (Å²) in [6.07, 6.45) is 0. The zero-order valence-electron chi connectivity index (χ0n) is 15.8. The Kier molecular flexibility index (Phi) is 4.86. The number of ether oxygens (including phenoxy) is 1. The molecule has 1 saturated heterocycles. The van der Waals surface area contributed by atoms with Gasteiger partial charge in [-0.3, -0.25) is 0 Å². The minimum Gasteiger partial charge on any atom is -0.379 e. The lowest BCUT2D eigenvalue weighted by Crippen LogP contribution is -2.47. The lowest BCUT2D eigenvalue weighted by molar-refractivity contribution is -0.0380. The first-order valence-corrected chi connectivity index (χ1v) is 9.09. The number of hydrogen-bond acceptors (Lipinski definition) is 3. The fourth-order valence-electron chi connectivity index (χ4n) is 3.73. The summed E-state index contributed by atoms with van der Waals surface area (Å²) in [4.78, 5) is 0. The third-order valence-corrected chi connectivity index (χ3v) is 5.38. The van der Waals surface area contributed by atoms with Crippen molar-refractivity contribution in [2.24, 2.45) is 0 Å². The van der Waals surface area contributed by atoms with E-state index < -0.39 is 0 Å². The van der Waals surface area contributed by atoms with Crippen LogP contribution in [0.4, 0.5) is 0 Å². The molecule has 0 spiro atoms. The number of benzene rings is 2. The van der Waals surface area contributed by atoms with Crippen LogP contribution in [-0.2, 0) is 10.2 Å². The van der Waals surface area contributed by atoms with Gasteiger partial charge in [-0.15, -0.1) is 0 Å². The largest absolute Gasteiger partial charge is 0.379 e. The molecule has 0 aromatic heterocycles. The summed E-state index contributed by atoms with van der Waals surface area (Å²) in [5.74, 6) is 0.616. The standard InChI is InChI=1S/C23H24N2O/c1-15(2)17-5-7-20(8-6-17)23(13-26-14-23)21-9-18(11-24)22(16(3)4)19(10-21)12-25/h5-10,15-16H,13-14H2,1-4H3. The Morgan fingerprint density at radius 2 is 1.38 bits per heavy atom. The normalized spacial score (nSPS) is 15.4. The van der Waals surface area contributed by atoms with E-state index in [1.807, 2.05) is 26.0 Å². The van der Waals surface area contributed by atoms with Crippen LogP contribution in [-0.4, -0.2) is 13.2 Å². The monoisotopic (exact) mass is 344 g/mol. The quantitative estimate of drug-likeness (QED) is 0.785. The first kappa shape index (κ1) is 18.2. The molecule has 132 valence electrons. The molecule has 0 unspecified atom stereocenters. The maximum absolute atomic E-state index is 9.65. The van der Waals surface area contributed by atoms with E-state index in [0.717, 1.165) is 11.1 Å². The van der Waals surface area contributed by atoms with Crippen molar-refractivity contribution in [2.45, 2.75) is 44.9 Å². The van der Waals surface area contributed by atoms with E-state index >= 15 is 0 Å². The molecule has 1 aliphatic heterocycles. The topological polar surface area (TPSA) is 56.8 Å². The summed E-state index contributed by atoms with van der Waals surface area (Å²) >= 11 is 0. The maximum Gasteiger partial charge on any atom is 0.0995 e. The van der Waals surface area contributed by atoms with E-state index in [1.54, 1.807) is 0 Å². The van der Waals surface area contributed by atoms with Crippen LogP contribution in [0.3, 0.4) is 0 Å². The fraction of sp³-hybridized carbons (Fsp3) is 0.391. The van der Waals surface area contributed by atoms with Gasteiger partial charge in [-0.2, -0.15) is 10.5 Å². The van der Waals surface area contributed by atoms with Gasteiger partial charge < -0.3 is 4.74 Å². The molecule has 0 radical (unpaired) electrons. The van der Waals surface area contributed by atoms with Gasteiger partial charge >= 0.3 is 0 Å². The second-order valence-corrected chi connectivity index (χ2v) is 7.71. The van der Waals surface area contributed by atoms with Gasteiger partial charge in [0.2, 0.25) is 0 Å². The molecule has 26 heavy (non-hydrogen) atoms. The molecule has 3 heteroatoms. The van der Waals surface area contributed by atoms with E-state index in [-0.39, 0.29) is 11.3 Å². The molecule has 1 aliphatic rings. The van der Waals surface area contributed by atoms with Crippen LogP contribution in [0.15, 0.2) is 36.4 Å². The first-order valence-electron chi connectivity index (χ1n) is 9.09. The summed E-state index contributed by atoms with van der Waals surface area (Å²) in [6.45, 7) is 9.54. The van der Waals surface area contributed by atoms with Gasteiger partial charge in [0.05, 0.1) is 41.9 Å². The Hall–Kier alpha value is -2.62. The highest BCUT2D eigenvalue weighted by Gasteiger charge is 2.42. The molecule has 0 bridgehead atoms. The minimum absolute atomic E-state index is 0.132. The third-order valence-electron chi connectivity index (χ3n) is 5.38. The lowest BCUT2D eigenvalue weighted by Gasteiger charge is -2.43. The Morgan fingerprint density at radius 3 is 1.73 bits per heavy atom. The Bertz CT molecular complexity index is 856. The molecular weight excluding hydrogens is 320 g/mol. The van der Waals surface area contributed by atoms with Crippen molar-refractivity contribution >= 4 is 0 Å². The Balaban J connectivity index is 2.14. The second kappa shape index (κ2) is 6.94. The molecule has 0 aliphatic carbocycles. The smallest absolute Gasteiger partial charge is 0.0995 e. The Morgan fingerprint density at radius 1 is 0.846 bits per heavy atom. The van der Waals surface area contributed by atoms with Gasteiger partial charge in [0.15, 0.2) is 0 Å². The van der Waals surface area contributed by atoms with E-state index in [0.29, 0.717) is 30.3 Å². The molecule has 0 saturated carbocycles. The average Bonchev–Trinajstić information content (AvgIpc) is 2.60. The van der Waals surface area contributed by atoms with Crippen molar-refractivity contribution in [3.8, 4) is 12.1 Å². The minimum atomic E-state index is -0.276. The van der Waals surface area contributed by atoms with Crippen LogP contribution in [0.2, 0.25) is 0 Å². The molecule has 2 aromatic rings. The predicted molar refractivity (Wildman–Crippen MR) is 102 cm³/mol. The number of hydrogen-bond donors (Lipinski definition) is 0. The van der Waals surface area contributed by atoms with Crippen molar-refractivity contribution in [3.63, 3.8) is 0 Å². The van der Waals surface area contributed by atoms with E-state index in [1.165, 1.54) is 11.1 Å². The molecule has 1 heterocycles. The van der Waals surface area contributed by atoms with E-state index in [9.17, 15) is 10.5 Å². The highest BCUT2D eigenvalue weighted by atomic mass is 16.5. The molecule has 3 nitrogen and oxygen atoms in total. The second-order valence-electron chi connectivity index (χ2n) is 7.71. The van der Waals surface area contributed by atoms with Crippen molar-refractivity contribution in [2.75, 3.05) is 13.2 Å². The van der Waals surface area contributed by atoms with Gasteiger partial charge in [0, 0.05) is 0 Å². The van der Waals surface area contributed by atoms with Crippen LogP contribution < -0.4 is 0 Å². The van der Waals surface area contributed by atoms with Gasteiger partial charge in [-0.25, -0.2) is 0 Å². The van der Waals surface area contributed by atoms with Crippen LogP contribution in [0.25, 0.3) is 0 Å². The van der Waals surface area contributed by atoms with Crippen LogP contribution in [0, 0.1) is 22.7 Å². The van der Waals surface area contributed by atoms with Gasteiger partial charge in [-0.05, 0) is 46.2 Å². The summed E-state index contributed by atoms with van der Waals surface area (Å²) in [6, 6.07) is 17.1. The summed E-state index contributed by atoms with van der Waals surface area (Å²) < 4.78 is 5.58. The summed E-state index contributed by atoms with van der Waals surface area (Å²) in [5.41, 5.74) is 5.23. The van der Waals surface area contributed by atoms with Gasteiger partial charge in [0.25, 0.3) is 0 Å². The summed E-state index contributed by atoms with van der Waals surface area (Å²) in [5, 5.41) is 19.3. The SMILES string of the molecule is CC(C)c1ccc(C2(c3cc(C#N)c(C(C)C)c(C#N)c3)COC2)cc1. The molecule has 2 aromatic carbocycles. The van der Waals surface area contributed by atoms with Gasteiger partial charge in [-0.1, -0.05) is 52.0 Å². The van der Waals surface area contributed by atoms with Crippen LogP contribution in [0.1, 0.15) is 72.9 Å². The zero-order valence-corrected chi connectivity index (χ0v) is 15.8. The molecule has 3 rings (SSSR count). The summed E-state index contributed by atoms with van der Waals surface area (Å²) in [7, 11) is 0. The van der Waals surface area contributed by atoms with Crippen LogP contribution >= 0.6 is 0 Å². The molecular formula is C23H24N2O. The highest BCUT2D eigenvalue weighted by Crippen LogP contribution is 2.41. The molecule has 0 amide bonds. The first-order chi connectivity index (χ1) is 12.4. The third kappa shape index (κ3) is 2.90. The predicted octanol–water partition coefficient (Wildman–Crippen LogP) is 4.99. The van der Waals surface area contributed by atoms with Crippen molar-refractivity contribution < 1.29 is 4.74 Å². The Labute approximate surface area is 155 Å². The molecule has 0 N–H and O–H groups in total. The van der Waals surface area contributed by atoms with Crippen molar-refractivity contribution in [3.05, 3.63) is 69.8 Å². The zero-order chi connectivity index (χ0) is 18.9. The van der Waals surface area contributed by atoms with E-state index in [4.69, 9.17) is 4.74 Å². The number of rotatable bonds is 4. The molecule has 0 atom stereocenters. The fourth-order valence-corrected chi connectivity index (χ4v) is 3.73.